The molecule has 0 amide bonds. The van der Waals surface area contributed by atoms with Crippen molar-refractivity contribution in [2.75, 3.05) is 0 Å². The normalized spacial score (nSPS) is 13.2. The molecule has 7 nitrogen and oxygen atoms in total. The molecule has 0 atom stereocenters. The van der Waals surface area contributed by atoms with Crippen LogP contribution in [0.5, 0.6) is 5.75 Å². The summed E-state index contributed by atoms with van der Waals surface area (Å²) >= 11 is 1.68. The lowest BCUT2D eigenvalue weighted by Crippen LogP contribution is -2.26. The fourth-order valence-corrected chi connectivity index (χ4v) is 2.86. The van der Waals surface area contributed by atoms with Crippen LogP contribution in [0.25, 0.3) is 10.2 Å². The number of ether oxygens (including phenoxy) is 2. The van der Waals surface area contributed by atoms with Crippen LogP contribution in [0.3, 0.4) is 0 Å². The van der Waals surface area contributed by atoms with Gasteiger partial charge in [-0.15, -0.1) is 11.3 Å². The Morgan fingerprint density at radius 3 is 2.50 bits per heavy atom. The Morgan fingerprint density at radius 1 is 1.15 bits per heavy atom. The second-order valence-corrected chi connectivity index (χ2v) is 6.48. The number of hydrogen-bond acceptors (Lipinski definition) is 7. The molecule has 0 unspecified atom stereocenters. The maximum absolute atomic E-state index is 11.3. The van der Waals surface area contributed by atoms with Gasteiger partial charge in [-0.05, 0) is 43.5 Å². The molecule has 0 N–H and O–H groups in total. The minimum atomic E-state index is -0.761. The van der Waals surface area contributed by atoms with E-state index in [0.717, 1.165) is 24.8 Å². The van der Waals surface area contributed by atoms with Gasteiger partial charge in [0, 0.05) is 12.1 Å². The molecule has 1 aliphatic carbocycles. The van der Waals surface area contributed by atoms with E-state index in [9.17, 15) is 14.9 Å². The second-order valence-electron chi connectivity index (χ2n) is 5.59. The first-order valence-electron chi connectivity index (χ1n) is 8.03. The van der Waals surface area contributed by atoms with E-state index in [2.05, 4.69) is 11.1 Å². The Bertz CT molecular complexity index is 860. The van der Waals surface area contributed by atoms with Gasteiger partial charge in [0.05, 0.1) is 20.7 Å². The number of rotatable bonds is 3. The van der Waals surface area contributed by atoms with Crippen LogP contribution in [0.1, 0.15) is 19.3 Å². The van der Waals surface area contributed by atoms with Crippen LogP contribution in [0.2, 0.25) is 0 Å². The number of para-hydroxylation sites is 1. The van der Waals surface area contributed by atoms with E-state index in [-0.39, 0.29) is 17.5 Å². The lowest BCUT2D eigenvalue weighted by molar-refractivity contribution is -0.384. The number of non-ortho nitro benzene ring substituents is 1. The minimum absolute atomic E-state index is 0.0412. The smallest absolute Gasteiger partial charge is 0.431 e. The van der Waals surface area contributed by atoms with Gasteiger partial charge in [0.1, 0.15) is 11.9 Å². The fourth-order valence-electron chi connectivity index (χ4n) is 2.18. The van der Waals surface area contributed by atoms with Gasteiger partial charge in [-0.25, -0.2) is 9.78 Å². The maximum atomic E-state index is 11.3. The highest BCUT2D eigenvalue weighted by atomic mass is 32.1. The van der Waals surface area contributed by atoms with Gasteiger partial charge in [-0.2, -0.15) is 0 Å². The lowest BCUT2D eigenvalue weighted by Gasteiger charge is -2.24. The molecule has 134 valence electrons. The Morgan fingerprint density at radius 2 is 1.88 bits per heavy atom. The molecule has 2 aromatic carbocycles. The molecule has 8 heteroatoms. The number of hydrogen-bond donors (Lipinski definition) is 0. The van der Waals surface area contributed by atoms with Crippen molar-refractivity contribution >= 4 is 33.4 Å². The van der Waals surface area contributed by atoms with E-state index in [1.807, 2.05) is 23.7 Å². The molecule has 0 saturated heterocycles. The third kappa shape index (κ3) is 4.76. The molecule has 0 radical (unpaired) electrons. The molecular weight excluding hydrogens is 356 g/mol. The lowest BCUT2D eigenvalue weighted by atomic mass is 9.96. The highest BCUT2D eigenvalue weighted by Crippen LogP contribution is 2.23. The van der Waals surface area contributed by atoms with E-state index >= 15 is 0 Å². The molecule has 4 rings (SSSR count). The van der Waals surface area contributed by atoms with Crippen molar-refractivity contribution < 1.29 is 19.2 Å². The summed E-state index contributed by atoms with van der Waals surface area (Å²) in [6, 6.07) is 13.4. The molecule has 0 spiro atoms. The third-order valence-electron chi connectivity index (χ3n) is 3.80. The van der Waals surface area contributed by atoms with Gasteiger partial charge in [0.2, 0.25) is 0 Å². The predicted molar refractivity (Wildman–Crippen MR) is 97.5 cm³/mol. The van der Waals surface area contributed by atoms with Crippen LogP contribution in [-0.2, 0) is 4.74 Å². The summed E-state index contributed by atoms with van der Waals surface area (Å²) in [5.41, 5.74) is 2.91. The number of nitro benzene ring substituents is 1. The van der Waals surface area contributed by atoms with Crippen molar-refractivity contribution in [3.05, 3.63) is 64.2 Å². The van der Waals surface area contributed by atoms with Crippen LogP contribution >= 0.6 is 11.3 Å². The van der Waals surface area contributed by atoms with Crippen molar-refractivity contribution in [3.8, 4) is 5.75 Å². The zero-order valence-corrected chi connectivity index (χ0v) is 14.6. The van der Waals surface area contributed by atoms with Gasteiger partial charge in [0.25, 0.3) is 5.69 Å². The number of nitro groups is 1. The molecule has 0 bridgehead atoms. The summed E-state index contributed by atoms with van der Waals surface area (Å²) in [6.07, 6.45) is 2.00. The molecule has 1 fully saturated rings. The summed E-state index contributed by atoms with van der Waals surface area (Å²) in [5, 5.41) is 10.4. The van der Waals surface area contributed by atoms with E-state index in [0.29, 0.717) is 0 Å². The number of carbonyl (C=O) groups is 1. The van der Waals surface area contributed by atoms with Crippen molar-refractivity contribution in [2.45, 2.75) is 25.4 Å². The topological polar surface area (TPSA) is 91.6 Å². The van der Waals surface area contributed by atoms with Gasteiger partial charge in [0.15, 0.2) is 0 Å². The van der Waals surface area contributed by atoms with Gasteiger partial charge >= 0.3 is 6.16 Å². The molecular formula is C18H16N2O5S. The molecule has 1 aliphatic rings. The maximum Gasteiger partial charge on any atom is 0.514 e. The summed E-state index contributed by atoms with van der Waals surface area (Å²) in [5.74, 6) is 0.236. The number of carbonyl (C=O) groups excluding carboxylic acids is 1. The standard InChI is InChI=1S/C11H11NO5.C7H5NS/c13-11(16-9-2-1-3-9)17-10-6-4-8(5-7-10)12(14)15;1-2-4-7-6(3-1)8-5-9-7/h4-7,9H,1-3H2;1-5H. The van der Waals surface area contributed by atoms with Crippen LogP contribution < -0.4 is 4.74 Å². The molecule has 3 aromatic rings. The van der Waals surface area contributed by atoms with E-state index in [1.165, 1.54) is 29.0 Å². The summed E-state index contributed by atoms with van der Waals surface area (Å²) < 4.78 is 11.1. The van der Waals surface area contributed by atoms with E-state index < -0.39 is 11.1 Å². The third-order valence-corrected chi connectivity index (χ3v) is 4.61. The SMILES string of the molecule is O=C(Oc1ccc([N+](=O)[O-])cc1)OC1CCC1.c1ccc2scnc2c1. The average molecular weight is 372 g/mol. The second kappa shape index (κ2) is 8.39. The number of thiazole rings is 1. The zero-order valence-electron chi connectivity index (χ0n) is 13.7. The number of aromatic nitrogens is 1. The monoisotopic (exact) mass is 372 g/mol. The largest absolute Gasteiger partial charge is 0.514 e. The van der Waals surface area contributed by atoms with Gasteiger partial charge in [-0.1, -0.05) is 12.1 Å². The molecule has 0 aliphatic heterocycles. The summed E-state index contributed by atoms with van der Waals surface area (Å²) in [6.45, 7) is 0. The summed E-state index contributed by atoms with van der Waals surface area (Å²) in [7, 11) is 0. The van der Waals surface area contributed by atoms with E-state index in [4.69, 9.17) is 9.47 Å². The predicted octanol–water partition coefficient (Wildman–Crippen LogP) is 4.96. The van der Waals surface area contributed by atoms with Gasteiger partial charge < -0.3 is 9.47 Å². The first-order chi connectivity index (χ1) is 12.6. The Hall–Kier alpha value is -3.00. The first-order valence-corrected chi connectivity index (χ1v) is 8.91. The quantitative estimate of drug-likeness (QED) is 0.279. The van der Waals surface area contributed by atoms with Crippen molar-refractivity contribution in [1.29, 1.82) is 0 Å². The number of nitrogens with zero attached hydrogens (tertiary/aromatic N) is 2. The van der Waals surface area contributed by atoms with Crippen molar-refractivity contribution in [1.82, 2.24) is 4.98 Å². The number of fused-ring (bicyclic) bond motifs is 1. The summed E-state index contributed by atoms with van der Waals surface area (Å²) in [4.78, 5) is 25.3. The average Bonchev–Trinajstić information content (AvgIpc) is 3.08. The van der Waals surface area contributed by atoms with Crippen LogP contribution in [-0.4, -0.2) is 22.2 Å². The highest BCUT2D eigenvalue weighted by Gasteiger charge is 2.22. The minimum Gasteiger partial charge on any atom is -0.431 e. The highest BCUT2D eigenvalue weighted by molar-refractivity contribution is 7.16. The Kier molecular flexibility index (Phi) is 5.75. The molecule has 1 saturated carbocycles. The molecule has 1 heterocycles. The molecule has 26 heavy (non-hydrogen) atoms. The van der Waals surface area contributed by atoms with Crippen LogP contribution in [0.4, 0.5) is 10.5 Å². The van der Waals surface area contributed by atoms with Crippen molar-refractivity contribution in [2.24, 2.45) is 0 Å². The first kappa shape index (κ1) is 17.8. The van der Waals surface area contributed by atoms with Gasteiger partial charge in [-0.3, -0.25) is 10.1 Å². The molecule has 1 aromatic heterocycles. The van der Waals surface area contributed by atoms with E-state index in [1.54, 1.807) is 11.3 Å². The van der Waals surface area contributed by atoms with Crippen molar-refractivity contribution in [3.63, 3.8) is 0 Å². The Labute approximate surface area is 153 Å². The Balaban J connectivity index is 0.000000181. The van der Waals surface area contributed by atoms with Crippen LogP contribution in [0.15, 0.2) is 54.0 Å². The zero-order chi connectivity index (χ0) is 18.4. The number of benzene rings is 2. The fraction of sp³-hybridized carbons (Fsp3) is 0.222. The van der Waals surface area contributed by atoms with Crippen LogP contribution in [0, 0.1) is 10.1 Å².